The SMILES string of the molecule is CC/C=C/C=C/C=C/C=C/C=C/C=C/CCCCCC(=O)OC(COC(=O)CC/C=C/C/C=C/CCCCCCCC)COC(=O)CCCCCCCCCCCC/C=C/C=C/CCCCC. The Balaban J connectivity index is 4.53. The van der Waals surface area contributed by atoms with E-state index in [0.717, 1.165) is 57.8 Å². The molecule has 0 rings (SSSR count). The topological polar surface area (TPSA) is 78.9 Å². The number of allylic oxidation sites excluding steroid dienone is 20. The summed E-state index contributed by atoms with van der Waals surface area (Å²) in [6, 6.07) is 0. The Morgan fingerprint density at radius 2 is 0.672 bits per heavy atom. The second-order valence-electron chi connectivity index (χ2n) is 17.6. The molecule has 6 nitrogen and oxygen atoms in total. The highest BCUT2D eigenvalue weighted by atomic mass is 16.6. The zero-order valence-electron chi connectivity index (χ0n) is 43.1. The van der Waals surface area contributed by atoms with Crippen molar-refractivity contribution in [2.24, 2.45) is 0 Å². The van der Waals surface area contributed by atoms with Crippen LogP contribution in [0.5, 0.6) is 0 Å². The molecule has 6 heteroatoms. The van der Waals surface area contributed by atoms with Crippen molar-refractivity contribution in [1.29, 1.82) is 0 Å². The van der Waals surface area contributed by atoms with Gasteiger partial charge in [-0.1, -0.05) is 245 Å². The Labute approximate surface area is 412 Å². The van der Waals surface area contributed by atoms with Crippen molar-refractivity contribution in [3.05, 3.63) is 122 Å². The van der Waals surface area contributed by atoms with Crippen LogP contribution >= 0.6 is 0 Å². The van der Waals surface area contributed by atoms with Crippen LogP contribution in [0.4, 0.5) is 0 Å². The third-order valence-corrected chi connectivity index (χ3v) is 11.1. The largest absolute Gasteiger partial charge is 0.462 e. The molecule has 0 radical (unpaired) electrons. The first-order valence-electron chi connectivity index (χ1n) is 27.1. The van der Waals surface area contributed by atoms with Crippen molar-refractivity contribution in [1.82, 2.24) is 0 Å². The van der Waals surface area contributed by atoms with E-state index in [4.69, 9.17) is 14.2 Å². The maximum Gasteiger partial charge on any atom is 0.306 e. The van der Waals surface area contributed by atoms with Gasteiger partial charge in [0.1, 0.15) is 13.2 Å². The van der Waals surface area contributed by atoms with Gasteiger partial charge >= 0.3 is 17.9 Å². The molecule has 67 heavy (non-hydrogen) atoms. The van der Waals surface area contributed by atoms with Gasteiger partial charge in [0.25, 0.3) is 0 Å². The lowest BCUT2D eigenvalue weighted by molar-refractivity contribution is -0.166. The lowest BCUT2D eigenvalue weighted by atomic mass is 10.1. The smallest absolute Gasteiger partial charge is 0.306 e. The summed E-state index contributed by atoms with van der Waals surface area (Å²) < 4.78 is 16.7. The van der Waals surface area contributed by atoms with Crippen LogP contribution in [0.2, 0.25) is 0 Å². The normalized spacial score (nSPS) is 13.1. The molecule has 0 aliphatic carbocycles. The predicted molar refractivity (Wildman–Crippen MR) is 288 cm³/mol. The Morgan fingerprint density at radius 3 is 1.18 bits per heavy atom. The summed E-state index contributed by atoms with van der Waals surface area (Å²) >= 11 is 0. The van der Waals surface area contributed by atoms with E-state index in [1.54, 1.807) is 0 Å². The first kappa shape index (κ1) is 62.8. The van der Waals surface area contributed by atoms with Crippen molar-refractivity contribution in [2.45, 2.75) is 232 Å². The molecule has 0 aromatic heterocycles. The zero-order valence-corrected chi connectivity index (χ0v) is 43.1. The second kappa shape index (κ2) is 54.4. The van der Waals surface area contributed by atoms with E-state index < -0.39 is 6.10 Å². The summed E-state index contributed by atoms with van der Waals surface area (Å²) in [5.41, 5.74) is 0. The average Bonchev–Trinajstić information content (AvgIpc) is 3.33. The number of rotatable bonds is 47. The Hall–Kier alpha value is -4.19. The third kappa shape index (κ3) is 52.6. The third-order valence-electron chi connectivity index (χ3n) is 11.1. The number of hydrogen-bond donors (Lipinski definition) is 0. The van der Waals surface area contributed by atoms with Crippen LogP contribution in [-0.2, 0) is 28.6 Å². The maximum absolute atomic E-state index is 12.8. The monoisotopic (exact) mass is 927 g/mol. The second-order valence-corrected chi connectivity index (χ2v) is 17.6. The molecule has 0 heterocycles. The molecule has 0 spiro atoms. The molecule has 0 fully saturated rings. The summed E-state index contributed by atoms with van der Waals surface area (Å²) in [5, 5.41) is 0. The van der Waals surface area contributed by atoms with E-state index in [0.29, 0.717) is 19.3 Å². The molecular weight excluding hydrogens is 829 g/mol. The van der Waals surface area contributed by atoms with Gasteiger partial charge in [-0.3, -0.25) is 14.4 Å². The van der Waals surface area contributed by atoms with Crippen LogP contribution < -0.4 is 0 Å². The predicted octanol–water partition coefficient (Wildman–Crippen LogP) is 18.1. The van der Waals surface area contributed by atoms with E-state index >= 15 is 0 Å². The number of hydrogen-bond acceptors (Lipinski definition) is 6. The standard InChI is InChI=1S/C61H98O6/c1-4-7-10-13-16-19-22-25-27-29-30-32-33-36-39-42-45-48-51-54-60(63)66-57-58(56-65-59(62)53-50-47-44-41-38-35-24-21-18-15-12-9-6-3)67-61(64)55-52-49-46-43-40-37-34-31-28-26-23-20-17-14-11-8-5-2/h8,11,14,16-17,19-20,22-23,25-26,28,31,34-35,37-38,40,44,47,58H,4-7,9-10,12-13,15,18,21,24,27,29-30,32-33,36,39,41-43,45-46,48-57H2,1-3H3/b11-8+,17-14+,19-16+,23-20+,25-22+,28-26+,34-31+,38-35+,40-37+,47-44+. The Bertz CT molecular complexity index is 1440. The average molecular weight is 927 g/mol. The molecule has 0 aliphatic heterocycles. The van der Waals surface area contributed by atoms with Crippen LogP contribution in [-0.4, -0.2) is 37.2 Å². The molecule has 0 saturated carbocycles. The van der Waals surface area contributed by atoms with E-state index in [1.807, 2.05) is 66.8 Å². The van der Waals surface area contributed by atoms with Gasteiger partial charge in [-0.2, -0.15) is 0 Å². The molecule has 1 atom stereocenters. The van der Waals surface area contributed by atoms with Gasteiger partial charge in [0.05, 0.1) is 0 Å². The van der Waals surface area contributed by atoms with Crippen molar-refractivity contribution in [2.75, 3.05) is 13.2 Å². The zero-order chi connectivity index (χ0) is 48.6. The van der Waals surface area contributed by atoms with Gasteiger partial charge in [-0.15, -0.1) is 0 Å². The highest BCUT2D eigenvalue weighted by Crippen LogP contribution is 2.14. The van der Waals surface area contributed by atoms with Crippen LogP contribution in [0.3, 0.4) is 0 Å². The van der Waals surface area contributed by atoms with E-state index in [2.05, 4.69) is 75.5 Å². The molecule has 0 aliphatic rings. The van der Waals surface area contributed by atoms with Crippen LogP contribution in [0.15, 0.2) is 122 Å². The summed E-state index contributed by atoms with van der Waals surface area (Å²) in [4.78, 5) is 38.0. The van der Waals surface area contributed by atoms with Crippen molar-refractivity contribution >= 4 is 17.9 Å². The minimum Gasteiger partial charge on any atom is -0.462 e. The lowest BCUT2D eigenvalue weighted by Crippen LogP contribution is -2.30. The molecule has 1 unspecified atom stereocenters. The number of unbranched alkanes of at least 4 members (excludes halogenated alkanes) is 22. The number of esters is 3. The van der Waals surface area contributed by atoms with E-state index in [-0.39, 0.29) is 44.0 Å². The number of carbonyl (C=O) groups excluding carboxylic acids is 3. The van der Waals surface area contributed by atoms with Crippen LogP contribution in [0.25, 0.3) is 0 Å². The first-order chi connectivity index (χ1) is 33.0. The van der Waals surface area contributed by atoms with Crippen molar-refractivity contribution < 1.29 is 28.6 Å². The minimum atomic E-state index is -0.829. The Morgan fingerprint density at radius 1 is 0.328 bits per heavy atom. The first-order valence-corrected chi connectivity index (χ1v) is 27.1. The minimum absolute atomic E-state index is 0.118. The Kier molecular flexibility index (Phi) is 51.0. The summed E-state index contributed by atoms with van der Waals surface area (Å²) in [6.07, 6.45) is 74.8. The molecule has 0 aromatic rings. The van der Waals surface area contributed by atoms with Crippen LogP contribution in [0, 0.1) is 0 Å². The molecule has 0 N–H and O–H groups in total. The molecule has 0 saturated heterocycles. The quantitative estimate of drug-likeness (QED) is 0.0199. The number of carbonyl (C=O) groups is 3. The summed E-state index contributed by atoms with van der Waals surface area (Å²) in [5.74, 6) is -1.04. The lowest BCUT2D eigenvalue weighted by Gasteiger charge is -2.18. The maximum atomic E-state index is 12.8. The summed E-state index contributed by atoms with van der Waals surface area (Å²) in [7, 11) is 0. The van der Waals surface area contributed by atoms with Gasteiger partial charge in [0.15, 0.2) is 6.10 Å². The highest BCUT2D eigenvalue weighted by molar-refractivity contribution is 5.71. The fourth-order valence-corrected chi connectivity index (χ4v) is 7.05. The fourth-order valence-electron chi connectivity index (χ4n) is 7.05. The molecular formula is C61H98O6. The van der Waals surface area contributed by atoms with Crippen LogP contribution in [0.1, 0.15) is 226 Å². The van der Waals surface area contributed by atoms with Crippen molar-refractivity contribution in [3.63, 3.8) is 0 Å². The van der Waals surface area contributed by atoms with Gasteiger partial charge < -0.3 is 14.2 Å². The number of ether oxygens (including phenoxy) is 3. The molecule has 0 amide bonds. The molecule has 0 aromatic carbocycles. The van der Waals surface area contributed by atoms with Gasteiger partial charge in [0, 0.05) is 19.3 Å². The summed E-state index contributed by atoms with van der Waals surface area (Å²) in [6.45, 7) is 6.35. The van der Waals surface area contributed by atoms with E-state index in [9.17, 15) is 14.4 Å². The fraction of sp³-hybridized carbons (Fsp3) is 0.623. The van der Waals surface area contributed by atoms with Gasteiger partial charge in [0.2, 0.25) is 0 Å². The molecule has 0 bridgehead atoms. The van der Waals surface area contributed by atoms with Gasteiger partial charge in [-0.05, 0) is 83.5 Å². The highest BCUT2D eigenvalue weighted by Gasteiger charge is 2.19. The molecule has 378 valence electrons. The van der Waals surface area contributed by atoms with E-state index in [1.165, 1.54) is 116 Å². The van der Waals surface area contributed by atoms with Gasteiger partial charge in [-0.25, -0.2) is 0 Å². The van der Waals surface area contributed by atoms with Crippen molar-refractivity contribution in [3.8, 4) is 0 Å².